The fraction of sp³-hybridized carbons (Fsp3) is 0.222. The van der Waals surface area contributed by atoms with Crippen LogP contribution in [0.25, 0.3) is 0 Å². The van der Waals surface area contributed by atoms with Crippen LogP contribution < -0.4 is 10.1 Å². The first-order chi connectivity index (χ1) is 11.2. The van der Waals surface area contributed by atoms with Gasteiger partial charge in [-0.3, -0.25) is 4.79 Å². The molecule has 118 valence electrons. The second-order valence-electron chi connectivity index (χ2n) is 4.85. The Hall–Kier alpha value is -2.45. The minimum Gasteiger partial charge on any atom is -0.481 e. The maximum Gasteiger partial charge on any atom is 0.260 e. The quantitative estimate of drug-likeness (QED) is 0.627. The van der Waals surface area contributed by atoms with Gasteiger partial charge in [0.25, 0.3) is 5.91 Å². The zero-order chi connectivity index (χ0) is 16.5. The third kappa shape index (κ3) is 5.68. The topological polar surface area (TPSA) is 62.1 Å². The summed E-state index contributed by atoms with van der Waals surface area (Å²) in [7, 11) is 0. The number of nitrogens with one attached hydrogen (secondary N) is 1. The molecule has 0 fully saturated rings. The van der Waals surface area contributed by atoms with E-state index in [9.17, 15) is 4.79 Å². The molecule has 0 aliphatic rings. The number of ether oxygens (including phenoxy) is 1. The number of rotatable bonds is 7. The molecule has 0 aliphatic carbocycles. The van der Waals surface area contributed by atoms with E-state index < -0.39 is 6.10 Å². The molecular weight excluding hydrogens is 308 g/mol. The predicted molar refractivity (Wildman–Crippen MR) is 91.4 cm³/mol. The molecule has 0 spiro atoms. The van der Waals surface area contributed by atoms with Gasteiger partial charge in [0.1, 0.15) is 5.75 Å². The van der Waals surface area contributed by atoms with Gasteiger partial charge in [0.05, 0.1) is 11.6 Å². The molecule has 1 amide bonds. The van der Waals surface area contributed by atoms with E-state index in [1.807, 2.05) is 36.4 Å². The lowest BCUT2D eigenvalue weighted by Crippen LogP contribution is -2.37. The predicted octanol–water partition coefficient (Wildman–Crippen LogP) is 3.23. The van der Waals surface area contributed by atoms with Crippen molar-refractivity contribution in [1.29, 1.82) is 5.26 Å². The van der Waals surface area contributed by atoms with E-state index in [1.165, 1.54) is 4.90 Å². The van der Waals surface area contributed by atoms with Crippen LogP contribution >= 0.6 is 11.8 Å². The smallest absolute Gasteiger partial charge is 0.260 e. The van der Waals surface area contributed by atoms with Gasteiger partial charge < -0.3 is 10.1 Å². The normalized spacial score (nSPS) is 11.3. The number of benzene rings is 2. The Labute approximate surface area is 140 Å². The van der Waals surface area contributed by atoms with Crippen molar-refractivity contribution in [2.24, 2.45) is 0 Å². The molecule has 0 aliphatic heterocycles. The highest BCUT2D eigenvalue weighted by molar-refractivity contribution is 7.99. The molecule has 0 saturated heterocycles. The molecule has 2 rings (SSSR count). The molecule has 1 N–H and O–H groups in total. The summed E-state index contributed by atoms with van der Waals surface area (Å²) in [6.45, 7) is 2.29. The Balaban J connectivity index is 1.71. The average Bonchev–Trinajstić information content (AvgIpc) is 2.60. The van der Waals surface area contributed by atoms with Crippen LogP contribution in [-0.4, -0.2) is 24.3 Å². The van der Waals surface area contributed by atoms with Crippen molar-refractivity contribution in [2.75, 3.05) is 12.3 Å². The summed E-state index contributed by atoms with van der Waals surface area (Å²) in [6.07, 6.45) is -0.579. The molecule has 5 heteroatoms. The Morgan fingerprint density at radius 1 is 1.22 bits per heavy atom. The number of hydrogen-bond acceptors (Lipinski definition) is 4. The molecule has 1 atom stereocenters. The van der Waals surface area contributed by atoms with E-state index in [0.717, 1.165) is 5.75 Å². The second kappa shape index (κ2) is 8.86. The Kier molecular flexibility index (Phi) is 6.52. The monoisotopic (exact) mass is 326 g/mol. The van der Waals surface area contributed by atoms with Crippen molar-refractivity contribution < 1.29 is 9.53 Å². The fourth-order valence-corrected chi connectivity index (χ4v) is 2.66. The minimum absolute atomic E-state index is 0.150. The van der Waals surface area contributed by atoms with Crippen molar-refractivity contribution >= 4 is 17.7 Å². The van der Waals surface area contributed by atoms with E-state index in [0.29, 0.717) is 17.9 Å². The van der Waals surface area contributed by atoms with Crippen LogP contribution in [0.15, 0.2) is 59.5 Å². The van der Waals surface area contributed by atoms with Crippen LogP contribution in [0, 0.1) is 11.3 Å². The molecule has 4 nitrogen and oxygen atoms in total. The van der Waals surface area contributed by atoms with Crippen molar-refractivity contribution in [3.63, 3.8) is 0 Å². The third-order valence-electron chi connectivity index (χ3n) is 3.08. The van der Waals surface area contributed by atoms with Gasteiger partial charge in [0, 0.05) is 17.2 Å². The van der Waals surface area contributed by atoms with Crippen molar-refractivity contribution in [3.05, 3.63) is 60.2 Å². The van der Waals surface area contributed by atoms with Gasteiger partial charge in [-0.2, -0.15) is 5.26 Å². The minimum atomic E-state index is -0.579. The summed E-state index contributed by atoms with van der Waals surface area (Å²) in [5.41, 5.74) is 0.562. The fourth-order valence-electron chi connectivity index (χ4n) is 1.87. The largest absolute Gasteiger partial charge is 0.481 e. The van der Waals surface area contributed by atoms with E-state index >= 15 is 0 Å². The Morgan fingerprint density at radius 2 is 1.91 bits per heavy atom. The van der Waals surface area contributed by atoms with E-state index in [1.54, 1.807) is 43.0 Å². The highest BCUT2D eigenvalue weighted by atomic mass is 32.2. The number of amides is 1. The molecule has 2 aromatic rings. The lowest BCUT2D eigenvalue weighted by molar-refractivity contribution is -0.127. The molecular formula is C18H18N2O2S. The summed E-state index contributed by atoms with van der Waals surface area (Å²) in [6, 6.07) is 18.8. The molecule has 0 radical (unpaired) electrons. The number of carbonyl (C=O) groups excluding carboxylic acids is 1. The molecule has 0 bridgehead atoms. The van der Waals surface area contributed by atoms with E-state index in [2.05, 4.69) is 5.32 Å². The lowest BCUT2D eigenvalue weighted by Gasteiger charge is -2.14. The van der Waals surface area contributed by atoms with Crippen LogP contribution in [0.1, 0.15) is 12.5 Å². The van der Waals surface area contributed by atoms with Gasteiger partial charge in [-0.15, -0.1) is 11.8 Å². The van der Waals surface area contributed by atoms with Crippen LogP contribution in [0.4, 0.5) is 0 Å². The zero-order valence-electron chi connectivity index (χ0n) is 12.9. The SMILES string of the molecule is C[C@H](Oc1ccc(C#N)cc1)C(=O)NCCSc1ccccc1. The first-order valence-electron chi connectivity index (χ1n) is 7.31. The summed E-state index contributed by atoms with van der Waals surface area (Å²) in [5, 5.41) is 11.6. The number of thioether (sulfide) groups is 1. The first kappa shape index (κ1) is 16.9. The number of nitrogens with zero attached hydrogens (tertiary/aromatic N) is 1. The van der Waals surface area contributed by atoms with E-state index in [-0.39, 0.29) is 5.91 Å². The molecule has 2 aromatic carbocycles. The lowest BCUT2D eigenvalue weighted by atomic mass is 10.2. The first-order valence-corrected chi connectivity index (χ1v) is 8.30. The van der Waals surface area contributed by atoms with Gasteiger partial charge in [-0.25, -0.2) is 0 Å². The molecule has 0 heterocycles. The van der Waals surface area contributed by atoms with Gasteiger partial charge in [-0.1, -0.05) is 18.2 Å². The Morgan fingerprint density at radius 3 is 2.57 bits per heavy atom. The molecule has 0 unspecified atom stereocenters. The Bertz CT molecular complexity index is 666. The summed E-state index contributed by atoms with van der Waals surface area (Å²) >= 11 is 1.70. The molecule has 0 saturated carbocycles. The third-order valence-corrected chi connectivity index (χ3v) is 4.09. The molecule has 0 aromatic heterocycles. The van der Waals surface area contributed by atoms with Crippen LogP contribution in [0.2, 0.25) is 0 Å². The van der Waals surface area contributed by atoms with Gasteiger partial charge in [-0.05, 0) is 43.3 Å². The maximum atomic E-state index is 12.0. The van der Waals surface area contributed by atoms with Gasteiger partial charge in [0.15, 0.2) is 6.10 Å². The number of nitriles is 1. The van der Waals surface area contributed by atoms with Crippen molar-refractivity contribution in [2.45, 2.75) is 17.9 Å². The van der Waals surface area contributed by atoms with Gasteiger partial charge in [0.2, 0.25) is 0 Å². The van der Waals surface area contributed by atoms with Crippen LogP contribution in [0.5, 0.6) is 5.75 Å². The summed E-state index contributed by atoms with van der Waals surface area (Å²) in [5.74, 6) is 1.23. The second-order valence-corrected chi connectivity index (χ2v) is 6.02. The number of carbonyl (C=O) groups is 1. The maximum absolute atomic E-state index is 12.0. The summed E-state index contributed by atoms with van der Waals surface area (Å²) in [4.78, 5) is 13.2. The highest BCUT2D eigenvalue weighted by Gasteiger charge is 2.13. The zero-order valence-corrected chi connectivity index (χ0v) is 13.7. The van der Waals surface area contributed by atoms with Crippen LogP contribution in [-0.2, 0) is 4.79 Å². The average molecular weight is 326 g/mol. The van der Waals surface area contributed by atoms with E-state index in [4.69, 9.17) is 10.00 Å². The van der Waals surface area contributed by atoms with Crippen LogP contribution in [0.3, 0.4) is 0 Å². The standard InChI is InChI=1S/C18H18N2O2S/c1-14(22-16-9-7-15(13-19)8-10-16)18(21)20-11-12-23-17-5-3-2-4-6-17/h2-10,14H,11-12H2,1H3,(H,20,21)/t14-/m0/s1. The summed E-state index contributed by atoms with van der Waals surface area (Å²) < 4.78 is 5.56. The highest BCUT2D eigenvalue weighted by Crippen LogP contribution is 2.16. The number of hydrogen-bond donors (Lipinski definition) is 1. The molecule has 23 heavy (non-hydrogen) atoms. The van der Waals surface area contributed by atoms with Crippen molar-refractivity contribution in [1.82, 2.24) is 5.32 Å². The van der Waals surface area contributed by atoms with Gasteiger partial charge >= 0.3 is 0 Å². The van der Waals surface area contributed by atoms with Crippen molar-refractivity contribution in [3.8, 4) is 11.8 Å².